The molecule has 0 radical (unpaired) electrons. The van der Waals surface area contributed by atoms with E-state index in [2.05, 4.69) is 6.92 Å². The molecule has 2 aromatic carbocycles. The van der Waals surface area contributed by atoms with Gasteiger partial charge in [0.15, 0.2) is 5.78 Å². The van der Waals surface area contributed by atoms with Crippen LogP contribution in [-0.4, -0.2) is 32.8 Å². The molecule has 0 bridgehead atoms. The van der Waals surface area contributed by atoms with Crippen molar-refractivity contribution in [2.75, 3.05) is 21.0 Å². The summed E-state index contributed by atoms with van der Waals surface area (Å²) in [7, 11) is 3.20. The molecule has 0 saturated carbocycles. The van der Waals surface area contributed by atoms with Crippen LogP contribution in [-0.2, 0) is 16.0 Å². The van der Waals surface area contributed by atoms with Gasteiger partial charge in [-0.15, -0.1) is 0 Å². The summed E-state index contributed by atoms with van der Waals surface area (Å²) in [5.41, 5.74) is 1.71. The summed E-state index contributed by atoms with van der Waals surface area (Å²) in [5, 5.41) is 0. The number of carbonyl (C=O) groups excluding carboxylic acids is 2. The molecule has 0 aliphatic carbocycles. The average Bonchev–Trinajstić information content (AvgIpc) is 2.77. The van der Waals surface area contributed by atoms with Gasteiger partial charge in [-0.1, -0.05) is 19.4 Å². The summed E-state index contributed by atoms with van der Waals surface area (Å²) < 4.78 is 21.6. The maximum atomic E-state index is 12.7. The van der Waals surface area contributed by atoms with E-state index in [1.807, 2.05) is 12.1 Å². The van der Waals surface area contributed by atoms with Gasteiger partial charge in [-0.3, -0.25) is 9.59 Å². The van der Waals surface area contributed by atoms with E-state index in [1.54, 1.807) is 65.3 Å². The molecule has 32 heavy (non-hydrogen) atoms. The van der Waals surface area contributed by atoms with Crippen molar-refractivity contribution in [1.29, 1.82) is 0 Å². The number of methoxy groups -OCH3 is 2. The first-order valence-electron chi connectivity index (χ1n) is 10.6. The molecule has 0 aliphatic heterocycles. The third kappa shape index (κ3) is 6.61. The van der Waals surface area contributed by atoms with Gasteiger partial charge in [-0.25, -0.2) is 0 Å². The van der Waals surface area contributed by atoms with Crippen molar-refractivity contribution in [3.8, 4) is 17.2 Å². The number of benzene rings is 2. The molecule has 6 nitrogen and oxygen atoms in total. The minimum absolute atomic E-state index is 0.166. The monoisotopic (exact) mass is 440 g/mol. The summed E-state index contributed by atoms with van der Waals surface area (Å²) in [6.07, 6.45) is 5.07. The fourth-order valence-electron chi connectivity index (χ4n) is 3.01. The molecule has 0 saturated heterocycles. The van der Waals surface area contributed by atoms with Crippen LogP contribution in [0.2, 0.25) is 0 Å². The molecule has 6 heteroatoms. The lowest BCUT2D eigenvalue weighted by Crippen LogP contribution is -2.24. The second kappa shape index (κ2) is 11.4. The Morgan fingerprint density at radius 2 is 1.66 bits per heavy atom. The number of carbonyl (C=O) groups is 2. The van der Waals surface area contributed by atoms with Crippen molar-refractivity contribution in [2.45, 2.75) is 40.5 Å². The Morgan fingerprint density at radius 3 is 2.22 bits per heavy atom. The van der Waals surface area contributed by atoms with Crippen molar-refractivity contribution in [3.63, 3.8) is 0 Å². The molecule has 0 aromatic heterocycles. The van der Waals surface area contributed by atoms with Gasteiger partial charge in [0.25, 0.3) is 0 Å². The minimum atomic E-state index is -0.590. The molecule has 2 aromatic rings. The zero-order chi connectivity index (χ0) is 23.7. The lowest BCUT2D eigenvalue weighted by molar-refractivity contribution is -0.159. The predicted molar refractivity (Wildman–Crippen MR) is 124 cm³/mol. The number of aryl methyl sites for hydroxylation is 1. The van der Waals surface area contributed by atoms with Gasteiger partial charge in [-0.05, 0) is 75.2 Å². The highest BCUT2D eigenvalue weighted by atomic mass is 16.7. The van der Waals surface area contributed by atoms with Crippen molar-refractivity contribution < 1.29 is 28.5 Å². The van der Waals surface area contributed by atoms with E-state index in [0.29, 0.717) is 22.8 Å². The molecule has 172 valence electrons. The number of hydrogen-bond acceptors (Lipinski definition) is 6. The minimum Gasteiger partial charge on any atom is -0.496 e. The molecule has 0 aliphatic rings. The van der Waals surface area contributed by atoms with Gasteiger partial charge in [-0.2, -0.15) is 0 Å². The lowest BCUT2D eigenvalue weighted by atomic mass is 9.98. The van der Waals surface area contributed by atoms with Crippen LogP contribution in [0, 0.1) is 5.41 Å². The Hall–Kier alpha value is -3.28. The Balaban J connectivity index is 2.10. The molecule has 2 rings (SSSR count). The van der Waals surface area contributed by atoms with E-state index < -0.39 is 5.41 Å². The highest BCUT2D eigenvalue weighted by Gasteiger charge is 2.23. The van der Waals surface area contributed by atoms with Gasteiger partial charge in [0.2, 0.25) is 6.79 Å². The lowest BCUT2D eigenvalue weighted by Gasteiger charge is -2.16. The average molecular weight is 441 g/mol. The zero-order valence-corrected chi connectivity index (χ0v) is 19.7. The number of hydrogen-bond donors (Lipinski definition) is 0. The van der Waals surface area contributed by atoms with Crippen molar-refractivity contribution in [1.82, 2.24) is 0 Å². The van der Waals surface area contributed by atoms with Crippen LogP contribution in [0.15, 0.2) is 42.5 Å². The fraction of sp³-hybridized carbons (Fsp3) is 0.385. The predicted octanol–water partition coefficient (Wildman–Crippen LogP) is 5.48. The van der Waals surface area contributed by atoms with Crippen LogP contribution in [0.25, 0.3) is 6.08 Å². The molecule has 0 amide bonds. The van der Waals surface area contributed by atoms with Crippen molar-refractivity contribution in [2.24, 2.45) is 5.41 Å². The molecule has 0 heterocycles. The zero-order valence-electron chi connectivity index (χ0n) is 19.7. The highest BCUT2D eigenvalue weighted by Crippen LogP contribution is 2.34. The summed E-state index contributed by atoms with van der Waals surface area (Å²) in [4.78, 5) is 24.4. The van der Waals surface area contributed by atoms with E-state index in [9.17, 15) is 9.59 Å². The van der Waals surface area contributed by atoms with Gasteiger partial charge >= 0.3 is 5.97 Å². The van der Waals surface area contributed by atoms with E-state index in [1.165, 1.54) is 6.08 Å². The normalized spacial score (nSPS) is 11.3. The van der Waals surface area contributed by atoms with Gasteiger partial charge < -0.3 is 18.9 Å². The van der Waals surface area contributed by atoms with Gasteiger partial charge in [0, 0.05) is 5.56 Å². The molecular formula is C26H32O6. The summed E-state index contributed by atoms with van der Waals surface area (Å²) in [5.74, 6) is 1.34. The molecular weight excluding hydrogens is 408 g/mol. The highest BCUT2D eigenvalue weighted by molar-refractivity contribution is 6.07. The van der Waals surface area contributed by atoms with E-state index >= 15 is 0 Å². The SMILES string of the molecule is CCCc1ccc(OC)c(/C=C/C(=O)c2ccc(OCOC(=O)C(C)(C)C)cc2)c1OC. The topological polar surface area (TPSA) is 71.1 Å². The maximum absolute atomic E-state index is 12.7. The summed E-state index contributed by atoms with van der Waals surface area (Å²) in [6, 6.07) is 10.5. The van der Waals surface area contributed by atoms with Crippen LogP contribution >= 0.6 is 0 Å². The Morgan fingerprint density at radius 1 is 0.969 bits per heavy atom. The first kappa shape index (κ1) is 25.0. The third-order valence-corrected chi connectivity index (χ3v) is 4.75. The van der Waals surface area contributed by atoms with E-state index in [-0.39, 0.29) is 18.5 Å². The molecule has 0 atom stereocenters. The number of ether oxygens (including phenoxy) is 4. The molecule has 0 fully saturated rings. The van der Waals surface area contributed by atoms with Gasteiger partial charge in [0.1, 0.15) is 17.2 Å². The standard InChI is InChI=1S/C26H32O6/c1-7-8-19-11-16-23(29-5)21(24(19)30-6)14-15-22(27)18-9-12-20(13-10-18)31-17-32-25(28)26(2,3)4/h9-16H,7-8,17H2,1-6H3/b15-14+. The van der Waals surface area contributed by atoms with Gasteiger partial charge in [0.05, 0.1) is 25.2 Å². The largest absolute Gasteiger partial charge is 0.496 e. The molecule has 0 spiro atoms. The van der Waals surface area contributed by atoms with Crippen molar-refractivity contribution in [3.05, 3.63) is 59.2 Å². The van der Waals surface area contributed by atoms with Crippen molar-refractivity contribution >= 4 is 17.8 Å². The Bertz CT molecular complexity index is 952. The summed E-state index contributed by atoms with van der Waals surface area (Å²) >= 11 is 0. The Kier molecular flexibility index (Phi) is 8.88. The molecule has 0 N–H and O–H groups in total. The van der Waals surface area contributed by atoms with E-state index in [0.717, 1.165) is 24.0 Å². The van der Waals surface area contributed by atoms with Crippen LogP contribution in [0.3, 0.4) is 0 Å². The second-order valence-electron chi connectivity index (χ2n) is 8.29. The second-order valence-corrected chi connectivity index (χ2v) is 8.29. The smallest absolute Gasteiger partial charge is 0.314 e. The maximum Gasteiger partial charge on any atom is 0.314 e. The number of esters is 1. The van der Waals surface area contributed by atoms with E-state index in [4.69, 9.17) is 18.9 Å². The fourth-order valence-corrected chi connectivity index (χ4v) is 3.01. The number of allylic oxidation sites excluding steroid dienone is 1. The van der Waals surface area contributed by atoms with Crippen LogP contribution < -0.4 is 14.2 Å². The van der Waals surface area contributed by atoms with Crippen LogP contribution in [0.5, 0.6) is 17.2 Å². The number of ketones is 1. The van der Waals surface area contributed by atoms with Crippen LogP contribution in [0.1, 0.15) is 55.6 Å². The number of rotatable bonds is 10. The Labute approximate surface area is 190 Å². The summed E-state index contributed by atoms with van der Waals surface area (Å²) in [6.45, 7) is 7.24. The third-order valence-electron chi connectivity index (χ3n) is 4.75. The first-order valence-corrected chi connectivity index (χ1v) is 10.6. The quantitative estimate of drug-likeness (QED) is 0.211. The van der Waals surface area contributed by atoms with Crippen LogP contribution in [0.4, 0.5) is 0 Å². The first-order chi connectivity index (χ1) is 15.2. The molecule has 0 unspecified atom stereocenters.